The fraction of sp³-hybridized carbons (Fsp3) is 0.261. The zero-order valence-electron chi connectivity index (χ0n) is 17.3. The standard InChI is InChI=1S/C23H28N3O2P/c1-18(2)28-29(27,22-14-12-21(13-15-22)26(3)4)23(19-9-8-16-24-17-19)25-20-10-6-5-7-11-20/h5-18,23,25H,1-4H3/t23-,29-/m1/s1. The SMILES string of the molecule is CC(C)O[P@](=O)(c1ccc(N(C)C)cc1)[C@@H](Nc1ccccc1)c1cccnc1. The molecular weight excluding hydrogens is 381 g/mol. The van der Waals surface area contributed by atoms with Crippen LogP contribution in [0.5, 0.6) is 0 Å². The third-order valence-corrected chi connectivity index (χ3v) is 7.37. The number of para-hydroxylation sites is 1. The molecule has 5 nitrogen and oxygen atoms in total. The molecule has 0 saturated carbocycles. The van der Waals surface area contributed by atoms with Crippen LogP contribution in [0.3, 0.4) is 0 Å². The molecule has 0 radical (unpaired) electrons. The molecule has 2 aromatic carbocycles. The van der Waals surface area contributed by atoms with Crippen LogP contribution in [-0.4, -0.2) is 25.2 Å². The smallest absolute Gasteiger partial charge is 0.258 e. The van der Waals surface area contributed by atoms with Gasteiger partial charge in [0.25, 0.3) is 7.37 Å². The highest BCUT2D eigenvalue weighted by Crippen LogP contribution is 2.59. The number of hydrogen-bond acceptors (Lipinski definition) is 5. The maximum absolute atomic E-state index is 14.5. The molecular formula is C23H28N3O2P. The van der Waals surface area contributed by atoms with E-state index in [2.05, 4.69) is 10.3 Å². The Morgan fingerprint density at radius 2 is 1.66 bits per heavy atom. The zero-order valence-corrected chi connectivity index (χ0v) is 18.2. The number of pyridine rings is 1. The highest BCUT2D eigenvalue weighted by atomic mass is 31.2. The average molecular weight is 409 g/mol. The normalized spacial score (nSPS) is 14.2. The summed E-state index contributed by atoms with van der Waals surface area (Å²) in [7, 11) is 0.616. The van der Waals surface area contributed by atoms with Gasteiger partial charge in [0.15, 0.2) is 0 Å². The molecule has 0 bridgehead atoms. The van der Waals surface area contributed by atoms with Gasteiger partial charge in [0.1, 0.15) is 5.78 Å². The minimum Gasteiger partial charge on any atom is -0.378 e. The molecule has 0 aliphatic rings. The fourth-order valence-electron chi connectivity index (χ4n) is 3.14. The zero-order chi connectivity index (χ0) is 20.9. The van der Waals surface area contributed by atoms with E-state index in [4.69, 9.17) is 4.52 Å². The van der Waals surface area contributed by atoms with Crippen molar-refractivity contribution < 1.29 is 9.09 Å². The third-order valence-electron chi connectivity index (χ3n) is 4.51. The molecule has 0 unspecified atom stereocenters. The van der Waals surface area contributed by atoms with Crippen LogP contribution < -0.4 is 15.5 Å². The minimum atomic E-state index is -3.35. The molecule has 0 fully saturated rings. The summed E-state index contributed by atoms with van der Waals surface area (Å²) in [6.45, 7) is 3.81. The number of rotatable bonds is 8. The van der Waals surface area contributed by atoms with Crippen molar-refractivity contribution in [1.82, 2.24) is 4.98 Å². The highest BCUT2D eigenvalue weighted by molar-refractivity contribution is 7.67. The second-order valence-corrected chi connectivity index (χ2v) is 9.80. The lowest BCUT2D eigenvalue weighted by Gasteiger charge is -2.31. The summed E-state index contributed by atoms with van der Waals surface area (Å²) in [6.07, 6.45) is 3.25. The summed E-state index contributed by atoms with van der Waals surface area (Å²) in [5, 5.41) is 4.11. The number of nitrogens with zero attached hydrogens (tertiary/aromatic N) is 2. The van der Waals surface area contributed by atoms with Crippen molar-refractivity contribution in [1.29, 1.82) is 0 Å². The molecule has 3 aromatic rings. The van der Waals surface area contributed by atoms with Crippen LogP contribution in [0, 0.1) is 0 Å². The molecule has 3 rings (SSSR count). The van der Waals surface area contributed by atoms with E-state index in [0.29, 0.717) is 5.30 Å². The van der Waals surface area contributed by atoms with E-state index in [1.165, 1.54) is 0 Å². The van der Waals surface area contributed by atoms with Crippen LogP contribution in [0.2, 0.25) is 0 Å². The number of aromatic nitrogens is 1. The molecule has 152 valence electrons. The molecule has 1 heterocycles. The molecule has 1 N–H and O–H groups in total. The van der Waals surface area contributed by atoms with E-state index in [1.54, 1.807) is 12.4 Å². The second kappa shape index (κ2) is 9.25. The maximum Gasteiger partial charge on any atom is 0.258 e. The van der Waals surface area contributed by atoms with Gasteiger partial charge in [0, 0.05) is 48.7 Å². The average Bonchev–Trinajstić information content (AvgIpc) is 2.73. The van der Waals surface area contributed by atoms with Crippen molar-refractivity contribution in [2.45, 2.75) is 25.7 Å². The van der Waals surface area contributed by atoms with Gasteiger partial charge in [-0.25, -0.2) is 0 Å². The van der Waals surface area contributed by atoms with Crippen LogP contribution in [0.1, 0.15) is 25.2 Å². The molecule has 0 saturated heterocycles. The number of benzene rings is 2. The van der Waals surface area contributed by atoms with Crippen LogP contribution in [0.25, 0.3) is 0 Å². The van der Waals surface area contributed by atoms with E-state index in [9.17, 15) is 4.57 Å². The van der Waals surface area contributed by atoms with E-state index < -0.39 is 13.2 Å². The van der Waals surface area contributed by atoms with Crippen molar-refractivity contribution in [3.63, 3.8) is 0 Å². The molecule has 1 aromatic heterocycles. The first kappa shape index (κ1) is 21.1. The summed E-state index contributed by atoms with van der Waals surface area (Å²) in [5.74, 6) is -0.564. The van der Waals surface area contributed by atoms with Crippen LogP contribution >= 0.6 is 7.37 Å². The van der Waals surface area contributed by atoms with Crippen LogP contribution in [-0.2, 0) is 9.09 Å². The lowest BCUT2D eigenvalue weighted by molar-refractivity contribution is 0.245. The quantitative estimate of drug-likeness (QED) is 0.513. The van der Waals surface area contributed by atoms with E-state index in [0.717, 1.165) is 16.9 Å². The van der Waals surface area contributed by atoms with Crippen molar-refractivity contribution >= 4 is 24.0 Å². The molecule has 0 spiro atoms. The van der Waals surface area contributed by atoms with Crippen molar-refractivity contribution in [3.8, 4) is 0 Å². The third kappa shape index (κ3) is 5.06. The Balaban J connectivity index is 2.11. The molecule has 6 heteroatoms. The lowest BCUT2D eigenvalue weighted by Crippen LogP contribution is -2.23. The first-order chi connectivity index (χ1) is 13.9. The number of nitrogens with one attached hydrogen (secondary N) is 1. The Hall–Kier alpha value is -2.62. The molecule has 2 atom stereocenters. The number of anilines is 2. The van der Waals surface area contributed by atoms with E-state index >= 15 is 0 Å². The first-order valence-corrected chi connectivity index (χ1v) is 11.4. The van der Waals surface area contributed by atoms with Gasteiger partial charge in [-0.2, -0.15) is 0 Å². The van der Waals surface area contributed by atoms with Crippen LogP contribution in [0.4, 0.5) is 11.4 Å². The van der Waals surface area contributed by atoms with E-state index in [1.807, 2.05) is 99.6 Å². The Morgan fingerprint density at radius 1 is 0.966 bits per heavy atom. The van der Waals surface area contributed by atoms with Crippen LogP contribution in [0.15, 0.2) is 79.1 Å². The summed E-state index contributed by atoms with van der Waals surface area (Å²) in [6, 6.07) is 21.3. The van der Waals surface area contributed by atoms with Crippen molar-refractivity contribution in [2.75, 3.05) is 24.3 Å². The predicted molar refractivity (Wildman–Crippen MR) is 121 cm³/mol. The maximum atomic E-state index is 14.5. The lowest BCUT2D eigenvalue weighted by atomic mass is 10.2. The molecule has 0 aliphatic carbocycles. The van der Waals surface area contributed by atoms with Gasteiger partial charge in [-0.1, -0.05) is 24.3 Å². The predicted octanol–water partition coefficient (Wildman–Crippen LogP) is 5.29. The second-order valence-electron chi connectivity index (χ2n) is 7.36. The molecule has 0 amide bonds. The molecule has 0 aliphatic heterocycles. The Morgan fingerprint density at radius 3 is 2.21 bits per heavy atom. The first-order valence-electron chi connectivity index (χ1n) is 9.68. The minimum absolute atomic E-state index is 0.203. The van der Waals surface area contributed by atoms with Gasteiger partial charge in [0.2, 0.25) is 0 Å². The summed E-state index contributed by atoms with van der Waals surface area (Å²) in [5.41, 5.74) is 2.73. The number of hydrogen-bond donors (Lipinski definition) is 1. The Labute approximate surface area is 173 Å². The largest absolute Gasteiger partial charge is 0.378 e. The van der Waals surface area contributed by atoms with Gasteiger partial charge >= 0.3 is 0 Å². The van der Waals surface area contributed by atoms with Crippen molar-refractivity contribution in [2.24, 2.45) is 0 Å². The van der Waals surface area contributed by atoms with Crippen molar-refractivity contribution in [3.05, 3.63) is 84.7 Å². The summed E-state index contributed by atoms with van der Waals surface area (Å²) >= 11 is 0. The van der Waals surface area contributed by atoms with Gasteiger partial charge in [-0.05, 0) is 56.3 Å². The summed E-state index contributed by atoms with van der Waals surface area (Å²) in [4.78, 5) is 6.26. The van der Waals surface area contributed by atoms with Gasteiger partial charge in [-0.3, -0.25) is 9.55 Å². The van der Waals surface area contributed by atoms with Gasteiger partial charge < -0.3 is 14.7 Å². The van der Waals surface area contributed by atoms with Gasteiger partial charge in [-0.15, -0.1) is 0 Å². The fourth-order valence-corrected chi connectivity index (χ4v) is 5.73. The summed E-state index contributed by atoms with van der Waals surface area (Å²) < 4.78 is 20.6. The van der Waals surface area contributed by atoms with E-state index in [-0.39, 0.29) is 6.10 Å². The Bertz CT molecular complexity index is 945. The van der Waals surface area contributed by atoms with Gasteiger partial charge in [0.05, 0.1) is 6.10 Å². The molecule has 29 heavy (non-hydrogen) atoms. The Kier molecular flexibility index (Phi) is 6.73. The topological polar surface area (TPSA) is 54.5 Å². The monoisotopic (exact) mass is 409 g/mol. The highest BCUT2D eigenvalue weighted by Gasteiger charge is 2.39.